The summed E-state index contributed by atoms with van der Waals surface area (Å²) in [5, 5.41) is 12.4. The first-order valence-corrected chi connectivity index (χ1v) is 6.92. The number of aliphatic hydroxyl groups is 1. The highest BCUT2D eigenvalue weighted by Crippen LogP contribution is 2.24. The van der Waals surface area contributed by atoms with E-state index in [4.69, 9.17) is 5.73 Å². The first-order chi connectivity index (χ1) is 9.20. The molecule has 0 heterocycles. The molecular formula is C15H22N2O2. The zero-order valence-electron chi connectivity index (χ0n) is 11.1. The maximum absolute atomic E-state index is 12.2. The Kier molecular flexibility index (Phi) is 4.93. The fraction of sp³-hybridized carbons (Fsp3) is 0.533. The Balaban J connectivity index is 1.96. The van der Waals surface area contributed by atoms with Gasteiger partial charge in [-0.1, -0.05) is 36.8 Å². The van der Waals surface area contributed by atoms with Crippen molar-refractivity contribution in [1.29, 1.82) is 0 Å². The lowest BCUT2D eigenvalue weighted by Crippen LogP contribution is -2.40. The summed E-state index contributed by atoms with van der Waals surface area (Å²) in [6.07, 6.45) is 3.66. The van der Waals surface area contributed by atoms with E-state index in [-0.39, 0.29) is 30.5 Å². The normalized spacial score (nSPS) is 24.7. The molecule has 104 valence electrons. The number of rotatable bonds is 4. The molecule has 0 radical (unpaired) electrons. The van der Waals surface area contributed by atoms with E-state index in [1.165, 1.54) is 0 Å². The van der Waals surface area contributed by atoms with Gasteiger partial charge in [0.2, 0.25) is 5.91 Å². The smallest absolute Gasteiger partial charge is 0.223 e. The Morgan fingerprint density at radius 2 is 2.11 bits per heavy atom. The molecule has 1 saturated carbocycles. The van der Waals surface area contributed by atoms with Gasteiger partial charge in [0, 0.05) is 12.0 Å². The van der Waals surface area contributed by atoms with Crippen LogP contribution in [0.1, 0.15) is 37.3 Å². The van der Waals surface area contributed by atoms with Crippen LogP contribution in [-0.4, -0.2) is 23.7 Å². The van der Waals surface area contributed by atoms with Crippen molar-refractivity contribution in [3.63, 3.8) is 0 Å². The van der Waals surface area contributed by atoms with E-state index in [0.29, 0.717) is 0 Å². The topological polar surface area (TPSA) is 75.4 Å². The molecule has 1 amide bonds. The number of carbonyl (C=O) groups is 1. The minimum atomic E-state index is -0.327. The van der Waals surface area contributed by atoms with E-state index in [0.717, 1.165) is 31.2 Å². The first kappa shape index (κ1) is 14.0. The number of nitrogens with two attached hydrogens (primary N) is 1. The average molecular weight is 262 g/mol. The van der Waals surface area contributed by atoms with Crippen molar-refractivity contribution in [2.45, 2.75) is 37.8 Å². The molecule has 4 nitrogen and oxygen atoms in total. The molecule has 3 atom stereocenters. The Morgan fingerprint density at radius 1 is 1.37 bits per heavy atom. The highest BCUT2D eigenvalue weighted by molar-refractivity contribution is 5.79. The Hall–Kier alpha value is -1.39. The second kappa shape index (κ2) is 6.68. The lowest BCUT2D eigenvalue weighted by atomic mass is 9.85. The van der Waals surface area contributed by atoms with Crippen molar-refractivity contribution < 1.29 is 9.90 Å². The van der Waals surface area contributed by atoms with Gasteiger partial charge < -0.3 is 16.2 Å². The van der Waals surface area contributed by atoms with Gasteiger partial charge in [-0.05, 0) is 24.8 Å². The summed E-state index contributed by atoms with van der Waals surface area (Å²) in [6.45, 7) is -0.0888. The number of hydrogen-bond donors (Lipinski definition) is 3. The molecule has 4 heteroatoms. The van der Waals surface area contributed by atoms with Crippen molar-refractivity contribution in [2.24, 2.45) is 11.7 Å². The van der Waals surface area contributed by atoms with Crippen LogP contribution in [0.4, 0.5) is 0 Å². The summed E-state index contributed by atoms with van der Waals surface area (Å²) in [6, 6.07) is 9.35. The fourth-order valence-electron chi connectivity index (χ4n) is 2.68. The Morgan fingerprint density at radius 3 is 2.74 bits per heavy atom. The van der Waals surface area contributed by atoms with Gasteiger partial charge in [-0.25, -0.2) is 0 Å². The molecule has 1 aliphatic rings. The minimum Gasteiger partial charge on any atom is -0.394 e. The van der Waals surface area contributed by atoms with Crippen LogP contribution in [0.2, 0.25) is 0 Å². The van der Waals surface area contributed by atoms with Crippen LogP contribution >= 0.6 is 0 Å². The zero-order chi connectivity index (χ0) is 13.7. The summed E-state index contributed by atoms with van der Waals surface area (Å²) in [4.78, 5) is 12.2. The molecular weight excluding hydrogens is 240 g/mol. The summed E-state index contributed by atoms with van der Waals surface area (Å²) >= 11 is 0. The van der Waals surface area contributed by atoms with Gasteiger partial charge in [0.1, 0.15) is 0 Å². The van der Waals surface area contributed by atoms with E-state index < -0.39 is 0 Å². The summed E-state index contributed by atoms with van der Waals surface area (Å²) < 4.78 is 0. The Labute approximate surface area is 114 Å². The first-order valence-electron chi connectivity index (χ1n) is 6.92. The van der Waals surface area contributed by atoms with E-state index in [1.54, 1.807) is 0 Å². The molecule has 0 bridgehead atoms. The number of aliphatic hydroxyl groups excluding tert-OH is 1. The maximum atomic E-state index is 12.2. The van der Waals surface area contributed by atoms with Crippen LogP contribution in [0.5, 0.6) is 0 Å². The van der Waals surface area contributed by atoms with Crippen LogP contribution in [0.3, 0.4) is 0 Å². The average Bonchev–Trinajstić information content (AvgIpc) is 2.45. The van der Waals surface area contributed by atoms with Gasteiger partial charge in [0.15, 0.2) is 0 Å². The van der Waals surface area contributed by atoms with E-state index in [9.17, 15) is 9.90 Å². The third-order valence-electron chi connectivity index (χ3n) is 3.79. The van der Waals surface area contributed by atoms with Crippen molar-refractivity contribution in [3.05, 3.63) is 35.9 Å². The van der Waals surface area contributed by atoms with Gasteiger partial charge in [0.25, 0.3) is 0 Å². The van der Waals surface area contributed by atoms with E-state index in [1.807, 2.05) is 30.3 Å². The summed E-state index contributed by atoms with van der Waals surface area (Å²) in [5.74, 6) is -0.000402. The largest absolute Gasteiger partial charge is 0.394 e. The van der Waals surface area contributed by atoms with Gasteiger partial charge in [0.05, 0.1) is 12.6 Å². The van der Waals surface area contributed by atoms with E-state index >= 15 is 0 Å². The summed E-state index contributed by atoms with van der Waals surface area (Å²) in [7, 11) is 0. The number of amides is 1. The van der Waals surface area contributed by atoms with E-state index in [2.05, 4.69) is 5.32 Å². The van der Waals surface area contributed by atoms with Gasteiger partial charge in [-0.2, -0.15) is 0 Å². The maximum Gasteiger partial charge on any atom is 0.223 e. The number of benzene rings is 1. The van der Waals surface area contributed by atoms with Gasteiger partial charge in [-0.15, -0.1) is 0 Å². The molecule has 0 aliphatic heterocycles. The van der Waals surface area contributed by atoms with Crippen LogP contribution in [-0.2, 0) is 4.79 Å². The van der Waals surface area contributed by atoms with Crippen molar-refractivity contribution in [1.82, 2.24) is 5.32 Å². The highest BCUT2D eigenvalue weighted by atomic mass is 16.3. The van der Waals surface area contributed by atoms with Crippen LogP contribution in [0.25, 0.3) is 0 Å². The molecule has 2 rings (SSSR count). The lowest BCUT2D eigenvalue weighted by Gasteiger charge is -2.27. The third kappa shape index (κ3) is 3.78. The fourth-order valence-corrected chi connectivity index (χ4v) is 2.68. The lowest BCUT2D eigenvalue weighted by molar-refractivity contribution is -0.127. The van der Waals surface area contributed by atoms with Crippen LogP contribution in [0.15, 0.2) is 30.3 Å². The SMILES string of the molecule is NC1CCCC(C(=O)NC(CO)c2ccccc2)C1. The predicted molar refractivity (Wildman–Crippen MR) is 74.3 cm³/mol. The zero-order valence-corrected chi connectivity index (χ0v) is 11.1. The van der Waals surface area contributed by atoms with Crippen molar-refractivity contribution >= 4 is 5.91 Å². The minimum absolute atomic E-state index is 0.0121. The molecule has 4 N–H and O–H groups in total. The number of hydrogen-bond acceptors (Lipinski definition) is 3. The Bertz CT molecular complexity index is 408. The van der Waals surface area contributed by atoms with Crippen molar-refractivity contribution in [2.75, 3.05) is 6.61 Å². The standard InChI is InChI=1S/C15H22N2O2/c16-13-8-4-7-12(9-13)15(19)17-14(10-18)11-5-2-1-3-6-11/h1-3,5-6,12-14,18H,4,7-10,16H2,(H,17,19). The third-order valence-corrected chi connectivity index (χ3v) is 3.79. The number of nitrogens with one attached hydrogen (secondary N) is 1. The highest BCUT2D eigenvalue weighted by Gasteiger charge is 2.26. The molecule has 1 aromatic carbocycles. The van der Waals surface area contributed by atoms with Gasteiger partial charge in [-0.3, -0.25) is 4.79 Å². The quantitative estimate of drug-likeness (QED) is 0.766. The van der Waals surface area contributed by atoms with Crippen LogP contribution < -0.4 is 11.1 Å². The molecule has 1 fully saturated rings. The molecule has 1 aliphatic carbocycles. The predicted octanol–water partition coefficient (Wildman–Crippen LogP) is 1.35. The second-order valence-electron chi connectivity index (χ2n) is 5.28. The summed E-state index contributed by atoms with van der Waals surface area (Å²) in [5.41, 5.74) is 6.84. The second-order valence-corrected chi connectivity index (χ2v) is 5.28. The molecule has 1 aromatic rings. The molecule has 3 unspecified atom stereocenters. The monoisotopic (exact) mass is 262 g/mol. The molecule has 0 saturated heterocycles. The van der Waals surface area contributed by atoms with Crippen LogP contribution in [0, 0.1) is 5.92 Å². The number of carbonyl (C=O) groups excluding carboxylic acids is 1. The van der Waals surface area contributed by atoms with Gasteiger partial charge >= 0.3 is 0 Å². The van der Waals surface area contributed by atoms with Crippen molar-refractivity contribution in [3.8, 4) is 0 Å². The molecule has 0 spiro atoms. The molecule has 0 aromatic heterocycles. The molecule has 19 heavy (non-hydrogen) atoms.